The Morgan fingerprint density at radius 1 is 1.08 bits per heavy atom. The zero-order valence-electron chi connectivity index (χ0n) is 20.9. The number of carbonyl (C=O) groups is 1. The molecule has 1 aliphatic heterocycles. The Balaban J connectivity index is 1.70. The summed E-state index contributed by atoms with van der Waals surface area (Å²) >= 11 is 0. The van der Waals surface area contributed by atoms with E-state index >= 15 is 0 Å². The number of benzene rings is 2. The highest BCUT2D eigenvalue weighted by Gasteiger charge is 2.59. The van der Waals surface area contributed by atoms with Crippen molar-refractivity contribution in [3.8, 4) is 5.75 Å². The van der Waals surface area contributed by atoms with E-state index in [0.29, 0.717) is 24.3 Å². The summed E-state index contributed by atoms with van der Waals surface area (Å²) in [4.78, 5) is 15.0. The molecule has 36 heavy (non-hydrogen) atoms. The third-order valence-corrected chi connectivity index (χ3v) is 7.86. The van der Waals surface area contributed by atoms with Gasteiger partial charge in [0.2, 0.25) is 0 Å². The molecule has 1 saturated carbocycles. The van der Waals surface area contributed by atoms with Gasteiger partial charge in [-0.25, -0.2) is 0 Å². The first kappa shape index (κ1) is 26.2. The van der Waals surface area contributed by atoms with Gasteiger partial charge in [0.15, 0.2) is 0 Å². The van der Waals surface area contributed by atoms with Crippen molar-refractivity contribution in [2.75, 3.05) is 27.8 Å². The van der Waals surface area contributed by atoms with E-state index in [2.05, 4.69) is 5.32 Å². The summed E-state index contributed by atoms with van der Waals surface area (Å²) < 4.78 is 53.5. The highest BCUT2D eigenvalue weighted by molar-refractivity contribution is 5.99. The fourth-order valence-corrected chi connectivity index (χ4v) is 6.01. The molecular weight excluding hydrogens is 469 g/mol. The van der Waals surface area contributed by atoms with Gasteiger partial charge in [-0.15, -0.1) is 0 Å². The van der Waals surface area contributed by atoms with E-state index < -0.39 is 34.8 Å². The average molecular weight is 503 g/mol. The smallest absolute Gasteiger partial charge is 0.421 e. The van der Waals surface area contributed by atoms with E-state index in [1.165, 1.54) is 0 Å². The third-order valence-electron chi connectivity index (χ3n) is 7.86. The van der Waals surface area contributed by atoms with Crippen LogP contribution in [0, 0.1) is 0 Å². The average Bonchev–Trinajstić information content (AvgIpc) is 2.87. The molecule has 2 fully saturated rings. The number of fused-ring (bicyclic) bond motifs is 1. The van der Waals surface area contributed by atoms with E-state index in [-0.39, 0.29) is 0 Å². The zero-order valence-corrected chi connectivity index (χ0v) is 20.9. The Morgan fingerprint density at radius 3 is 2.47 bits per heavy atom. The number of likely N-dealkylation sites (tertiary alicyclic amines) is 1. The van der Waals surface area contributed by atoms with Crippen LogP contribution in [0.1, 0.15) is 43.2 Å². The first-order chi connectivity index (χ1) is 17.1. The minimum Gasteiger partial charge on any atom is -0.497 e. The molecule has 4 rings (SSSR count). The van der Waals surface area contributed by atoms with Gasteiger partial charge in [-0.05, 0) is 55.6 Å². The van der Waals surface area contributed by atoms with Gasteiger partial charge in [-0.1, -0.05) is 55.3 Å². The summed E-state index contributed by atoms with van der Waals surface area (Å²) in [6, 6.07) is 15.9. The first-order valence-electron chi connectivity index (χ1n) is 12.2. The molecule has 1 N–H and O–H groups in total. The minimum absolute atomic E-state index is 0.315. The van der Waals surface area contributed by atoms with Crippen LogP contribution >= 0.6 is 0 Å². The van der Waals surface area contributed by atoms with E-state index in [9.17, 15) is 18.0 Å². The van der Waals surface area contributed by atoms with Crippen LogP contribution in [0.2, 0.25) is 0 Å². The van der Waals surface area contributed by atoms with Crippen LogP contribution in [-0.2, 0) is 14.9 Å². The maximum absolute atomic E-state index is 13.9. The number of nitrogens with zero attached hydrogens (tertiary/aromatic N) is 1. The molecule has 0 aromatic heterocycles. The Kier molecular flexibility index (Phi) is 7.48. The van der Waals surface area contributed by atoms with Gasteiger partial charge >= 0.3 is 6.18 Å². The second kappa shape index (κ2) is 10.3. The van der Waals surface area contributed by atoms with Crippen molar-refractivity contribution in [2.45, 2.75) is 55.5 Å². The number of hydrogen-bond donors (Lipinski definition) is 1. The van der Waals surface area contributed by atoms with Gasteiger partial charge in [-0.2, -0.15) is 13.2 Å². The van der Waals surface area contributed by atoms with E-state index in [1.807, 2.05) is 36.2 Å². The van der Waals surface area contributed by atoms with Gasteiger partial charge in [0.1, 0.15) is 11.3 Å². The number of piperidine rings is 1. The number of ether oxygens (including phenoxy) is 2. The predicted octanol–water partition coefficient (Wildman–Crippen LogP) is 5.32. The van der Waals surface area contributed by atoms with Crippen molar-refractivity contribution >= 4 is 12.0 Å². The molecule has 2 aromatic rings. The summed E-state index contributed by atoms with van der Waals surface area (Å²) in [6.45, 7) is 0.482. The van der Waals surface area contributed by atoms with E-state index in [4.69, 9.17) is 9.47 Å². The lowest BCUT2D eigenvalue weighted by atomic mass is 9.55. The zero-order chi connectivity index (χ0) is 26.0. The Morgan fingerprint density at radius 2 is 1.81 bits per heavy atom. The van der Waals surface area contributed by atoms with Crippen molar-refractivity contribution in [1.29, 1.82) is 0 Å². The van der Waals surface area contributed by atoms with Crippen LogP contribution in [0.25, 0.3) is 6.08 Å². The number of halogens is 3. The molecule has 1 saturated heterocycles. The molecule has 0 bridgehead atoms. The summed E-state index contributed by atoms with van der Waals surface area (Å²) in [7, 11) is 5.14. The van der Waals surface area contributed by atoms with Crippen LogP contribution in [-0.4, -0.2) is 56.6 Å². The highest BCUT2D eigenvalue weighted by atomic mass is 19.4. The van der Waals surface area contributed by atoms with Crippen LogP contribution in [0.4, 0.5) is 13.2 Å². The van der Waals surface area contributed by atoms with Gasteiger partial charge in [0.05, 0.1) is 18.9 Å². The van der Waals surface area contributed by atoms with Crippen LogP contribution < -0.4 is 10.1 Å². The highest BCUT2D eigenvalue weighted by Crippen LogP contribution is 2.54. The van der Waals surface area contributed by atoms with Crippen molar-refractivity contribution in [3.05, 3.63) is 71.3 Å². The third kappa shape index (κ3) is 4.89. The largest absolute Gasteiger partial charge is 0.497 e. The summed E-state index contributed by atoms with van der Waals surface area (Å²) in [6.07, 6.45) is -0.474. The lowest BCUT2D eigenvalue weighted by Gasteiger charge is -2.60. The molecule has 194 valence electrons. The molecule has 0 radical (unpaired) electrons. The molecule has 1 unspecified atom stereocenters. The second-order valence-electron chi connectivity index (χ2n) is 9.79. The van der Waals surface area contributed by atoms with Crippen molar-refractivity contribution in [3.63, 3.8) is 0 Å². The molecule has 2 aromatic carbocycles. The van der Waals surface area contributed by atoms with Gasteiger partial charge < -0.3 is 14.8 Å². The lowest BCUT2D eigenvalue weighted by molar-refractivity contribution is -0.161. The number of amides is 1. The number of hydrogen-bond acceptors (Lipinski definition) is 4. The van der Waals surface area contributed by atoms with Crippen molar-refractivity contribution < 1.29 is 27.4 Å². The quantitative estimate of drug-likeness (QED) is 0.544. The Hall–Kier alpha value is -2.84. The fraction of sp³-hybridized carbons (Fsp3) is 0.464. The normalized spacial score (nSPS) is 27.3. The monoisotopic (exact) mass is 502 g/mol. The number of methoxy groups -OCH3 is 2. The lowest BCUT2D eigenvalue weighted by Crippen LogP contribution is -2.69. The van der Waals surface area contributed by atoms with Crippen molar-refractivity contribution in [2.24, 2.45) is 0 Å². The van der Waals surface area contributed by atoms with Crippen molar-refractivity contribution in [1.82, 2.24) is 10.2 Å². The molecule has 0 spiro atoms. The number of carbonyl (C=O) groups excluding carboxylic acids is 1. The predicted molar refractivity (Wildman–Crippen MR) is 133 cm³/mol. The SMILES string of the molecule is COc1cccc([C@@]23CCCCC2(OC)CN(C)[C@H](NC(=O)C(=Cc2ccccc2)C(F)(F)F)C3)c1. The topological polar surface area (TPSA) is 50.8 Å². The summed E-state index contributed by atoms with van der Waals surface area (Å²) in [5, 5.41) is 2.70. The molecule has 8 heteroatoms. The van der Waals surface area contributed by atoms with Crippen LogP contribution in [0.3, 0.4) is 0 Å². The number of nitrogens with one attached hydrogen (secondary N) is 1. The van der Waals surface area contributed by atoms with E-state index in [1.54, 1.807) is 44.6 Å². The summed E-state index contributed by atoms with van der Waals surface area (Å²) in [5.74, 6) is -0.424. The molecule has 1 heterocycles. The molecular formula is C28H33F3N2O3. The first-order valence-corrected chi connectivity index (χ1v) is 12.2. The number of likely N-dealkylation sites (N-methyl/N-ethyl adjacent to an activating group) is 1. The molecule has 3 atom stereocenters. The molecule has 1 amide bonds. The Bertz CT molecular complexity index is 1100. The maximum atomic E-state index is 13.9. The number of rotatable bonds is 6. The Labute approximate surface area is 210 Å². The fourth-order valence-electron chi connectivity index (χ4n) is 6.01. The van der Waals surface area contributed by atoms with Crippen LogP contribution in [0.5, 0.6) is 5.75 Å². The van der Waals surface area contributed by atoms with Gasteiger partial charge in [0, 0.05) is 19.1 Å². The molecule has 2 aliphatic rings. The standard InChI is InChI=1S/C28H33F3N2O3/c1-33-19-27(36-3)15-8-7-14-26(27,21-12-9-13-22(17-21)35-2)18-24(33)32-25(34)23(28(29,30)31)16-20-10-5-4-6-11-20/h4-6,9-13,16-17,24H,7-8,14-15,18-19H2,1-3H3,(H,32,34)/t24-,26-,27?/m0/s1. The second-order valence-corrected chi connectivity index (χ2v) is 9.79. The molecule has 1 aliphatic carbocycles. The van der Waals surface area contributed by atoms with Crippen LogP contribution in [0.15, 0.2) is 60.2 Å². The summed E-state index contributed by atoms with van der Waals surface area (Å²) in [5.41, 5.74) is -0.896. The van der Waals surface area contributed by atoms with Gasteiger partial charge in [0.25, 0.3) is 5.91 Å². The minimum atomic E-state index is -4.79. The number of alkyl halides is 3. The maximum Gasteiger partial charge on any atom is 0.421 e. The van der Waals surface area contributed by atoms with Gasteiger partial charge in [-0.3, -0.25) is 9.69 Å². The van der Waals surface area contributed by atoms with E-state index in [0.717, 1.165) is 37.3 Å². The molecule has 5 nitrogen and oxygen atoms in total.